The topological polar surface area (TPSA) is 54.7 Å². The fourth-order valence-corrected chi connectivity index (χ4v) is 2.60. The van der Waals surface area contributed by atoms with Crippen LogP contribution in [0.4, 0.5) is 5.69 Å². The average molecular weight is 360 g/mol. The lowest BCUT2D eigenvalue weighted by molar-refractivity contribution is 0.0526. The third-order valence-corrected chi connectivity index (χ3v) is 4.03. The van der Waals surface area contributed by atoms with Crippen molar-refractivity contribution < 1.29 is 13.9 Å². The molecule has 0 aliphatic carbocycles. The van der Waals surface area contributed by atoms with Gasteiger partial charge in [-0.05, 0) is 62.0 Å². The third-order valence-electron chi connectivity index (χ3n) is 3.66. The molecule has 0 radical (unpaired) electrons. The van der Waals surface area contributed by atoms with Crippen molar-refractivity contribution in [2.75, 3.05) is 18.1 Å². The van der Waals surface area contributed by atoms with Crippen molar-refractivity contribution >= 4 is 29.0 Å². The van der Waals surface area contributed by atoms with Gasteiger partial charge < -0.3 is 19.4 Å². The maximum absolute atomic E-state index is 11.8. The van der Waals surface area contributed by atoms with Gasteiger partial charge in [0.25, 0.3) is 0 Å². The van der Waals surface area contributed by atoms with E-state index in [2.05, 4.69) is 12.2 Å². The first-order chi connectivity index (χ1) is 12.2. The first kappa shape index (κ1) is 19.0. The van der Waals surface area contributed by atoms with Gasteiger partial charge in [-0.2, -0.15) is 0 Å². The van der Waals surface area contributed by atoms with Crippen LogP contribution in [-0.2, 0) is 11.3 Å². The van der Waals surface area contributed by atoms with Gasteiger partial charge in [-0.25, -0.2) is 4.79 Å². The lowest BCUT2D eigenvalue weighted by atomic mass is 10.2. The number of furan rings is 1. The fourth-order valence-electron chi connectivity index (χ4n) is 2.33. The van der Waals surface area contributed by atoms with Gasteiger partial charge in [-0.15, -0.1) is 0 Å². The second-order valence-electron chi connectivity index (χ2n) is 5.51. The van der Waals surface area contributed by atoms with Crippen LogP contribution in [0, 0.1) is 0 Å². The summed E-state index contributed by atoms with van der Waals surface area (Å²) in [6.45, 7) is 5.64. The van der Waals surface area contributed by atoms with Crippen LogP contribution in [0.3, 0.4) is 0 Å². The average Bonchev–Trinajstić information content (AvgIpc) is 3.14. The molecule has 134 valence electrons. The number of thiocarbonyl (C=S) groups is 1. The molecule has 1 aromatic heterocycles. The van der Waals surface area contributed by atoms with Gasteiger partial charge in [0.15, 0.2) is 5.11 Å². The van der Waals surface area contributed by atoms with Crippen LogP contribution >= 0.6 is 12.2 Å². The normalized spacial score (nSPS) is 10.3. The third kappa shape index (κ3) is 5.60. The van der Waals surface area contributed by atoms with Gasteiger partial charge in [0.2, 0.25) is 0 Å². The summed E-state index contributed by atoms with van der Waals surface area (Å²) in [5, 5.41) is 3.86. The number of hydrogen-bond donors (Lipinski definition) is 1. The van der Waals surface area contributed by atoms with Crippen molar-refractivity contribution in [3.63, 3.8) is 0 Å². The molecule has 0 spiro atoms. The molecule has 0 amide bonds. The van der Waals surface area contributed by atoms with Gasteiger partial charge in [0.1, 0.15) is 5.76 Å². The number of benzene rings is 1. The summed E-state index contributed by atoms with van der Waals surface area (Å²) in [5.74, 6) is 0.517. The zero-order valence-electron chi connectivity index (χ0n) is 14.7. The van der Waals surface area contributed by atoms with Gasteiger partial charge in [-0.1, -0.05) is 13.3 Å². The van der Waals surface area contributed by atoms with Crippen molar-refractivity contribution in [1.82, 2.24) is 5.32 Å². The molecule has 25 heavy (non-hydrogen) atoms. The van der Waals surface area contributed by atoms with E-state index in [9.17, 15) is 4.79 Å². The van der Waals surface area contributed by atoms with E-state index in [4.69, 9.17) is 21.4 Å². The predicted molar refractivity (Wildman–Crippen MR) is 103 cm³/mol. The summed E-state index contributed by atoms with van der Waals surface area (Å²) in [6.07, 6.45) is 3.73. The van der Waals surface area contributed by atoms with E-state index in [1.54, 1.807) is 25.3 Å². The number of esters is 1. The molecule has 0 fully saturated rings. The van der Waals surface area contributed by atoms with E-state index >= 15 is 0 Å². The van der Waals surface area contributed by atoms with Gasteiger partial charge in [0.05, 0.1) is 25.0 Å². The van der Waals surface area contributed by atoms with E-state index in [1.165, 1.54) is 0 Å². The summed E-state index contributed by atoms with van der Waals surface area (Å²) in [7, 11) is 0. The molecule has 0 unspecified atom stereocenters. The van der Waals surface area contributed by atoms with Crippen LogP contribution in [0.15, 0.2) is 47.1 Å². The van der Waals surface area contributed by atoms with Crippen molar-refractivity contribution in [3.05, 3.63) is 54.0 Å². The highest BCUT2D eigenvalue weighted by Gasteiger charge is 2.13. The molecule has 0 saturated carbocycles. The minimum Gasteiger partial charge on any atom is -0.467 e. The number of ether oxygens (including phenoxy) is 1. The van der Waals surface area contributed by atoms with Crippen LogP contribution in [0.2, 0.25) is 0 Å². The Balaban J connectivity index is 2.07. The number of carbonyl (C=O) groups is 1. The molecule has 1 heterocycles. The fraction of sp³-hybridized carbons (Fsp3) is 0.368. The van der Waals surface area contributed by atoms with Crippen molar-refractivity contribution in [2.24, 2.45) is 0 Å². The van der Waals surface area contributed by atoms with Crippen LogP contribution in [0.5, 0.6) is 0 Å². The summed E-state index contributed by atoms with van der Waals surface area (Å²) >= 11 is 5.55. The van der Waals surface area contributed by atoms with Crippen molar-refractivity contribution in [1.29, 1.82) is 0 Å². The lowest BCUT2D eigenvalue weighted by Gasteiger charge is -2.26. The molecule has 0 atom stereocenters. The van der Waals surface area contributed by atoms with Crippen LogP contribution in [0.25, 0.3) is 0 Å². The highest BCUT2D eigenvalue weighted by atomic mass is 32.1. The summed E-state index contributed by atoms with van der Waals surface area (Å²) in [5.41, 5.74) is 1.48. The molecular formula is C19H24N2O3S. The zero-order valence-corrected chi connectivity index (χ0v) is 15.5. The maximum Gasteiger partial charge on any atom is 0.338 e. The Morgan fingerprint density at radius 3 is 2.60 bits per heavy atom. The second kappa shape index (κ2) is 9.84. The lowest BCUT2D eigenvalue weighted by Crippen LogP contribution is -2.40. The van der Waals surface area contributed by atoms with Crippen molar-refractivity contribution in [2.45, 2.75) is 33.2 Å². The first-order valence-electron chi connectivity index (χ1n) is 8.50. The van der Waals surface area contributed by atoms with E-state index < -0.39 is 0 Å². The highest BCUT2D eigenvalue weighted by Crippen LogP contribution is 2.17. The predicted octanol–water partition coefficient (Wildman–Crippen LogP) is 4.14. The maximum atomic E-state index is 11.8. The Hall–Kier alpha value is -2.34. The monoisotopic (exact) mass is 360 g/mol. The Bertz CT molecular complexity index is 668. The Morgan fingerprint density at radius 2 is 2.00 bits per heavy atom. The number of anilines is 1. The van der Waals surface area contributed by atoms with E-state index in [1.807, 2.05) is 29.2 Å². The number of hydrogen-bond acceptors (Lipinski definition) is 4. The number of rotatable bonds is 8. The summed E-state index contributed by atoms with van der Waals surface area (Å²) < 4.78 is 10.3. The van der Waals surface area contributed by atoms with Crippen LogP contribution < -0.4 is 10.2 Å². The van der Waals surface area contributed by atoms with E-state index in [0.29, 0.717) is 23.8 Å². The molecule has 6 heteroatoms. The molecule has 2 aromatic rings. The quantitative estimate of drug-likeness (QED) is 0.564. The molecule has 0 aliphatic heterocycles. The molecule has 0 saturated heterocycles. The smallest absolute Gasteiger partial charge is 0.338 e. The van der Waals surface area contributed by atoms with Gasteiger partial charge in [-0.3, -0.25) is 0 Å². The zero-order chi connectivity index (χ0) is 18.1. The SMILES string of the molecule is CCCCN(C(=S)NCc1ccco1)c1ccc(C(=O)OCC)cc1. The summed E-state index contributed by atoms with van der Waals surface area (Å²) in [4.78, 5) is 13.8. The molecule has 2 rings (SSSR count). The van der Waals surface area contributed by atoms with Crippen LogP contribution in [0.1, 0.15) is 42.8 Å². The second-order valence-corrected chi connectivity index (χ2v) is 5.90. The summed E-state index contributed by atoms with van der Waals surface area (Å²) in [6, 6.07) is 11.1. The molecule has 0 bridgehead atoms. The van der Waals surface area contributed by atoms with E-state index in [0.717, 1.165) is 30.8 Å². The highest BCUT2D eigenvalue weighted by molar-refractivity contribution is 7.80. The Kier molecular flexibility index (Phi) is 7.47. The van der Waals surface area contributed by atoms with Gasteiger partial charge >= 0.3 is 5.97 Å². The van der Waals surface area contributed by atoms with Crippen LogP contribution in [-0.4, -0.2) is 24.2 Å². The number of nitrogens with zero attached hydrogens (tertiary/aromatic N) is 1. The molecule has 1 aromatic carbocycles. The van der Waals surface area contributed by atoms with E-state index in [-0.39, 0.29) is 5.97 Å². The molecule has 5 nitrogen and oxygen atoms in total. The minimum atomic E-state index is -0.312. The van der Waals surface area contributed by atoms with Gasteiger partial charge in [0, 0.05) is 12.2 Å². The Labute approximate surface area is 154 Å². The van der Waals surface area contributed by atoms with Crippen molar-refractivity contribution in [3.8, 4) is 0 Å². The molecule has 1 N–H and O–H groups in total. The number of nitrogens with one attached hydrogen (secondary N) is 1. The largest absolute Gasteiger partial charge is 0.467 e. The molecular weight excluding hydrogens is 336 g/mol. The molecule has 0 aliphatic rings. The Morgan fingerprint density at radius 1 is 1.24 bits per heavy atom. The number of unbranched alkanes of at least 4 members (excludes halogenated alkanes) is 1. The standard InChI is InChI=1S/C19H24N2O3S/c1-3-5-12-21(19(25)20-14-17-7-6-13-24-17)16-10-8-15(9-11-16)18(22)23-4-2/h6-11,13H,3-5,12,14H2,1-2H3,(H,20,25). The first-order valence-corrected chi connectivity index (χ1v) is 8.91. The minimum absolute atomic E-state index is 0.312. The number of carbonyl (C=O) groups excluding carboxylic acids is 1.